The highest BCUT2D eigenvalue weighted by atomic mass is 16.5. The lowest BCUT2D eigenvalue weighted by molar-refractivity contribution is -0.154. The molecule has 1 saturated heterocycles. The van der Waals surface area contributed by atoms with Crippen LogP contribution >= 0.6 is 0 Å². The SMILES string of the molecule is CC(C)(C)C(=O)N1CCOCC1(C)C. The van der Waals surface area contributed by atoms with E-state index in [2.05, 4.69) is 13.8 Å². The molecule has 0 aromatic heterocycles. The summed E-state index contributed by atoms with van der Waals surface area (Å²) in [4.78, 5) is 14.0. The molecule has 0 atom stereocenters. The monoisotopic (exact) mass is 199 g/mol. The first-order valence-corrected chi connectivity index (χ1v) is 5.15. The standard InChI is InChI=1S/C11H21NO2/c1-10(2,3)9(13)12-6-7-14-8-11(12,4)5/h6-8H2,1-5H3. The molecule has 0 saturated carbocycles. The number of carbonyl (C=O) groups is 1. The van der Waals surface area contributed by atoms with Gasteiger partial charge < -0.3 is 9.64 Å². The molecule has 0 bridgehead atoms. The molecule has 0 N–H and O–H groups in total. The van der Waals surface area contributed by atoms with E-state index < -0.39 is 0 Å². The summed E-state index contributed by atoms with van der Waals surface area (Å²) in [6, 6.07) is 0. The van der Waals surface area contributed by atoms with E-state index in [1.165, 1.54) is 0 Å². The molecule has 0 unspecified atom stereocenters. The van der Waals surface area contributed by atoms with Crippen molar-refractivity contribution in [3.8, 4) is 0 Å². The second-order valence-corrected chi connectivity index (χ2v) is 5.57. The molecular formula is C11H21NO2. The lowest BCUT2D eigenvalue weighted by atomic mass is 9.91. The third-order valence-electron chi connectivity index (χ3n) is 2.53. The first-order valence-electron chi connectivity index (χ1n) is 5.15. The molecule has 0 aliphatic carbocycles. The zero-order valence-electron chi connectivity index (χ0n) is 9.89. The number of rotatable bonds is 0. The summed E-state index contributed by atoms with van der Waals surface area (Å²) >= 11 is 0. The fourth-order valence-corrected chi connectivity index (χ4v) is 1.64. The largest absolute Gasteiger partial charge is 0.377 e. The zero-order valence-corrected chi connectivity index (χ0v) is 9.89. The van der Waals surface area contributed by atoms with Crippen LogP contribution < -0.4 is 0 Å². The van der Waals surface area contributed by atoms with E-state index in [4.69, 9.17) is 4.74 Å². The molecule has 82 valence electrons. The van der Waals surface area contributed by atoms with Gasteiger partial charge in [-0.1, -0.05) is 20.8 Å². The summed E-state index contributed by atoms with van der Waals surface area (Å²) < 4.78 is 5.38. The van der Waals surface area contributed by atoms with E-state index in [1.54, 1.807) is 0 Å². The Morgan fingerprint density at radius 3 is 2.36 bits per heavy atom. The van der Waals surface area contributed by atoms with Crippen LogP contribution in [0.15, 0.2) is 0 Å². The van der Waals surface area contributed by atoms with E-state index >= 15 is 0 Å². The molecule has 3 nitrogen and oxygen atoms in total. The van der Waals surface area contributed by atoms with Gasteiger partial charge in [-0.25, -0.2) is 0 Å². The molecule has 1 rings (SSSR count). The van der Waals surface area contributed by atoms with Gasteiger partial charge in [-0.2, -0.15) is 0 Å². The highest BCUT2D eigenvalue weighted by Gasteiger charge is 2.38. The molecule has 0 spiro atoms. The number of nitrogens with zero attached hydrogens (tertiary/aromatic N) is 1. The minimum absolute atomic E-state index is 0.164. The Labute approximate surface area is 86.4 Å². The molecule has 0 radical (unpaired) electrons. The van der Waals surface area contributed by atoms with Gasteiger partial charge in [0.25, 0.3) is 0 Å². The van der Waals surface area contributed by atoms with Gasteiger partial charge in [-0.15, -0.1) is 0 Å². The van der Waals surface area contributed by atoms with Gasteiger partial charge in [0.2, 0.25) is 5.91 Å². The molecule has 3 heteroatoms. The molecule has 1 amide bonds. The minimum Gasteiger partial charge on any atom is -0.377 e. The van der Waals surface area contributed by atoms with Gasteiger partial charge in [-0.05, 0) is 13.8 Å². The lowest BCUT2D eigenvalue weighted by Crippen LogP contribution is -2.58. The van der Waals surface area contributed by atoms with Gasteiger partial charge in [-0.3, -0.25) is 4.79 Å². The van der Waals surface area contributed by atoms with Gasteiger partial charge in [0, 0.05) is 12.0 Å². The fourth-order valence-electron chi connectivity index (χ4n) is 1.64. The number of amides is 1. The Morgan fingerprint density at radius 1 is 1.36 bits per heavy atom. The number of hydrogen-bond acceptors (Lipinski definition) is 2. The summed E-state index contributed by atoms with van der Waals surface area (Å²) in [6.07, 6.45) is 0. The molecule has 1 aliphatic heterocycles. The number of morpholine rings is 1. The first kappa shape index (κ1) is 11.5. The van der Waals surface area contributed by atoms with Crippen molar-refractivity contribution in [2.45, 2.75) is 40.2 Å². The summed E-state index contributed by atoms with van der Waals surface area (Å²) in [5, 5.41) is 0. The van der Waals surface area contributed by atoms with Crippen molar-refractivity contribution in [3.63, 3.8) is 0 Å². The lowest BCUT2D eigenvalue weighted by Gasteiger charge is -2.44. The maximum absolute atomic E-state index is 12.1. The fraction of sp³-hybridized carbons (Fsp3) is 0.909. The highest BCUT2D eigenvalue weighted by Crippen LogP contribution is 2.26. The van der Waals surface area contributed by atoms with E-state index in [0.29, 0.717) is 19.8 Å². The molecule has 1 fully saturated rings. The number of ether oxygens (including phenoxy) is 1. The molecule has 1 heterocycles. The Balaban J connectivity index is 2.80. The Bertz CT molecular complexity index is 228. The normalized spacial score (nSPS) is 22.2. The predicted octanol–water partition coefficient (Wildman–Crippen LogP) is 1.67. The smallest absolute Gasteiger partial charge is 0.228 e. The average molecular weight is 199 g/mol. The van der Waals surface area contributed by atoms with Gasteiger partial charge in [0.1, 0.15) is 0 Å². The van der Waals surface area contributed by atoms with E-state index in [9.17, 15) is 4.79 Å². The van der Waals surface area contributed by atoms with Crippen molar-refractivity contribution in [1.82, 2.24) is 4.90 Å². The molecular weight excluding hydrogens is 178 g/mol. The van der Waals surface area contributed by atoms with Gasteiger partial charge >= 0.3 is 0 Å². The van der Waals surface area contributed by atoms with Crippen molar-refractivity contribution < 1.29 is 9.53 Å². The van der Waals surface area contributed by atoms with Crippen LogP contribution in [0.5, 0.6) is 0 Å². The van der Waals surface area contributed by atoms with Crippen LogP contribution in [0.3, 0.4) is 0 Å². The van der Waals surface area contributed by atoms with Crippen molar-refractivity contribution in [1.29, 1.82) is 0 Å². The van der Waals surface area contributed by atoms with E-state index in [0.717, 1.165) is 0 Å². The molecule has 14 heavy (non-hydrogen) atoms. The summed E-state index contributed by atoms with van der Waals surface area (Å²) in [5.41, 5.74) is -0.461. The Kier molecular flexibility index (Phi) is 2.91. The van der Waals surface area contributed by atoms with Crippen LogP contribution in [-0.4, -0.2) is 36.1 Å². The first-order chi connectivity index (χ1) is 6.25. The third kappa shape index (κ3) is 2.27. The van der Waals surface area contributed by atoms with E-state index in [-0.39, 0.29) is 16.9 Å². The average Bonchev–Trinajstić information content (AvgIpc) is 2.00. The van der Waals surface area contributed by atoms with Crippen LogP contribution in [0.1, 0.15) is 34.6 Å². The summed E-state index contributed by atoms with van der Waals surface area (Å²) in [6.45, 7) is 12.0. The van der Waals surface area contributed by atoms with Crippen LogP contribution in [0.2, 0.25) is 0 Å². The molecule has 0 aromatic carbocycles. The van der Waals surface area contributed by atoms with Gasteiger partial charge in [0.15, 0.2) is 0 Å². The van der Waals surface area contributed by atoms with Crippen LogP contribution in [0.4, 0.5) is 0 Å². The second-order valence-electron chi connectivity index (χ2n) is 5.57. The predicted molar refractivity (Wildman–Crippen MR) is 56.1 cm³/mol. The Hall–Kier alpha value is -0.570. The molecule has 1 aliphatic rings. The maximum Gasteiger partial charge on any atom is 0.228 e. The summed E-state index contributed by atoms with van der Waals surface area (Å²) in [7, 11) is 0. The van der Waals surface area contributed by atoms with Crippen LogP contribution in [0, 0.1) is 5.41 Å². The van der Waals surface area contributed by atoms with Gasteiger partial charge in [0.05, 0.1) is 18.8 Å². The van der Waals surface area contributed by atoms with Crippen molar-refractivity contribution in [2.24, 2.45) is 5.41 Å². The third-order valence-corrected chi connectivity index (χ3v) is 2.53. The minimum atomic E-state index is -0.297. The van der Waals surface area contributed by atoms with Crippen molar-refractivity contribution >= 4 is 5.91 Å². The topological polar surface area (TPSA) is 29.5 Å². The van der Waals surface area contributed by atoms with E-state index in [1.807, 2.05) is 25.7 Å². The quantitative estimate of drug-likeness (QED) is 0.594. The van der Waals surface area contributed by atoms with Crippen LogP contribution in [0.25, 0.3) is 0 Å². The summed E-state index contributed by atoms with van der Waals surface area (Å²) in [5.74, 6) is 0.214. The Morgan fingerprint density at radius 2 is 1.93 bits per heavy atom. The van der Waals surface area contributed by atoms with Crippen molar-refractivity contribution in [2.75, 3.05) is 19.8 Å². The van der Waals surface area contributed by atoms with Crippen molar-refractivity contribution in [3.05, 3.63) is 0 Å². The van der Waals surface area contributed by atoms with Crippen LogP contribution in [-0.2, 0) is 9.53 Å². The second kappa shape index (κ2) is 3.54. The number of hydrogen-bond donors (Lipinski definition) is 0. The zero-order chi connectivity index (χ0) is 11.0. The maximum atomic E-state index is 12.1. The highest BCUT2D eigenvalue weighted by molar-refractivity contribution is 5.82. The molecule has 0 aromatic rings. The number of carbonyl (C=O) groups excluding carboxylic acids is 1.